The zero-order valence-electron chi connectivity index (χ0n) is 17.2. The first-order valence-electron chi connectivity index (χ1n) is 9.56. The van der Waals surface area contributed by atoms with E-state index in [1.807, 2.05) is 44.2 Å². The summed E-state index contributed by atoms with van der Waals surface area (Å²) in [7, 11) is 1.26. The Hall–Kier alpha value is -3.61. The second-order valence-electron chi connectivity index (χ2n) is 7.03. The normalized spacial score (nSPS) is 11.7. The van der Waals surface area contributed by atoms with E-state index in [-0.39, 0.29) is 6.42 Å². The van der Waals surface area contributed by atoms with E-state index in [1.165, 1.54) is 7.11 Å². The van der Waals surface area contributed by atoms with Gasteiger partial charge in [0.15, 0.2) is 6.61 Å². The van der Waals surface area contributed by atoms with Crippen LogP contribution >= 0.6 is 0 Å². The summed E-state index contributed by atoms with van der Waals surface area (Å²) in [6, 6.07) is 12.1. The van der Waals surface area contributed by atoms with Crippen LogP contribution in [-0.4, -0.2) is 42.6 Å². The number of benzene rings is 2. The summed E-state index contributed by atoms with van der Waals surface area (Å²) in [4.78, 5) is 40.0. The molecule has 1 atom stereocenters. The van der Waals surface area contributed by atoms with Crippen LogP contribution < -0.4 is 5.32 Å². The van der Waals surface area contributed by atoms with Crippen molar-refractivity contribution in [3.8, 4) is 0 Å². The van der Waals surface area contributed by atoms with Gasteiger partial charge in [0.1, 0.15) is 6.04 Å². The first-order valence-corrected chi connectivity index (χ1v) is 9.56. The number of amides is 1. The molecule has 0 spiro atoms. The number of methoxy groups -OCH3 is 1. The largest absolute Gasteiger partial charge is 0.467 e. The predicted molar refractivity (Wildman–Crippen MR) is 112 cm³/mol. The molecular weight excluding hydrogens is 384 g/mol. The number of rotatable bonds is 7. The van der Waals surface area contributed by atoms with Crippen molar-refractivity contribution in [3.63, 3.8) is 0 Å². The number of H-pyrrole nitrogens is 1. The number of aryl methyl sites for hydroxylation is 1. The minimum atomic E-state index is -0.902. The van der Waals surface area contributed by atoms with Crippen LogP contribution in [0.25, 0.3) is 10.9 Å². The summed E-state index contributed by atoms with van der Waals surface area (Å²) in [5.74, 6) is -1.74. The van der Waals surface area contributed by atoms with Crippen molar-refractivity contribution in [1.29, 1.82) is 0 Å². The molecule has 3 rings (SSSR count). The van der Waals surface area contributed by atoms with Gasteiger partial charge in [-0.1, -0.05) is 30.3 Å². The van der Waals surface area contributed by atoms with Crippen LogP contribution in [0.3, 0.4) is 0 Å². The molecule has 156 valence electrons. The van der Waals surface area contributed by atoms with E-state index >= 15 is 0 Å². The molecule has 0 aliphatic rings. The molecule has 0 fully saturated rings. The highest BCUT2D eigenvalue weighted by atomic mass is 16.5. The van der Waals surface area contributed by atoms with Gasteiger partial charge in [0.05, 0.1) is 12.7 Å². The van der Waals surface area contributed by atoms with Gasteiger partial charge in [-0.15, -0.1) is 0 Å². The van der Waals surface area contributed by atoms with Crippen LogP contribution in [-0.2, 0) is 25.5 Å². The molecule has 0 aliphatic heterocycles. The maximum atomic E-state index is 12.3. The van der Waals surface area contributed by atoms with Crippen molar-refractivity contribution >= 4 is 28.7 Å². The minimum Gasteiger partial charge on any atom is -0.467 e. The average Bonchev–Trinajstić information content (AvgIpc) is 3.16. The molecule has 1 heterocycles. The van der Waals surface area contributed by atoms with Crippen molar-refractivity contribution in [2.24, 2.45) is 0 Å². The van der Waals surface area contributed by atoms with Gasteiger partial charge in [0.25, 0.3) is 5.91 Å². The van der Waals surface area contributed by atoms with Gasteiger partial charge in [0, 0.05) is 23.5 Å². The molecule has 7 heteroatoms. The highest BCUT2D eigenvalue weighted by Crippen LogP contribution is 2.19. The number of fused-ring (bicyclic) bond motifs is 1. The highest BCUT2D eigenvalue weighted by molar-refractivity contribution is 5.93. The summed E-state index contributed by atoms with van der Waals surface area (Å²) < 4.78 is 9.96. The first-order chi connectivity index (χ1) is 14.4. The molecule has 1 aromatic heterocycles. The maximum Gasteiger partial charge on any atom is 0.338 e. The van der Waals surface area contributed by atoms with E-state index in [0.29, 0.717) is 5.56 Å². The van der Waals surface area contributed by atoms with Gasteiger partial charge in [0.2, 0.25) is 0 Å². The van der Waals surface area contributed by atoms with E-state index in [1.54, 1.807) is 18.3 Å². The molecular formula is C23H24N2O5. The standard InChI is InChI=1S/C23H24N2O5/c1-14-7-6-9-17(15(14)2)22(27)30-13-21(26)25-20(23(28)29-3)11-16-12-24-19-10-5-4-8-18(16)19/h4-10,12,20,24H,11,13H2,1-3H3,(H,25,26)/t20-/m1/s1. The van der Waals surface area contributed by atoms with Gasteiger partial charge in [-0.05, 0) is 42.7 Å². The first kappa shape index (κ1) is 21.1. The number of carbonyl (C=O) groups is 3. The van der Waals surface area contributed by atoms with Crippen LogP contribution in [0, 0.1) is 13.8 Å². The van der Waals surface area contributed by atoms with E-state index < -0.39 is 30.5 Å². The molecule has 7 nitrogen and oxygen atoms in total. The van der Waals surface area contributed by atoms with E-state index in [0.717, 1.165) is 27.6 Å². The van der Waals surface area contributed by atoms with Crippen LogP contribution in [0.4, 0.5) is 0 Å². The Bertz CT molecular complexity index is 1090. The Morgan fingerprint density at radius 3 is 2.60 bits per heavy atom. The molecule has 2 aromatic carbocycles. The van der Waals surface area contributed by atoms with Crippen molar-refractivity contribution in [2.75, 3.05) is 13.7 Å². The molecule has 0 aliphatic carbocycles. The van der Waals surface area contributed by atoms with Crippen LogP contribution in [0.1, 0.15) is 27.0 Å². The summed E-state index contributed by atoms with van der Waals surface area (Å²) in [6.45, 7) is 3.22. The topological polar surface area (TPSA) is 97.5 Å². The number of aromatic amines is 1. The lowest BCUT2D eigenvalue weighted by Crippen LogP contribution is -2.44. The van der Waals surface area contributed by atoms with Gasteiger partial charge in [-0.25, -0.2) is 9.59 Å². The van der Waals surface area contributed by atoms with E-state index in [2.05, 4.69) is 10.3 Å². The molecule has 0 bridgehead atoms. The van der Waals surface area contributed by atoms with Crippen LogP contribution in [0.15, 0.2) is 48.7 Å². The molecule has 30 heavy (non-hydrogen) atoms. The number of aromatic nitrogens is 1. The summed E-state index contributed by atoms with van der Waals surface area (Å²) in [5, 5.41) is 3.56. The number of ether oxygens (including phenoxy) is 2. The average molecular weight is 408 g/mol. The molecule has 3 aromatic rings. The fourth-order valence-corrected chi connectivity index (χ4v) is 3.27. The SMILES string of the molecule is COC(=O)[C@@H](Cc1c[nH]c2ccccc12)NC(=O)COC(=O)c1cccc(C)c1C. The lowest BCUT2D eigenvalue weighted by Gasteiger charge is -2.16. The number of hydrogen-bond donors (Lipinski definition) is 2. The molecule has 0 unspecified atom stereocenters. The number of esters is 2. The highest BCUT2D eigenvalue weighted by Gasteiger charge is 2.24. The second kappa shape index (κ2) is 9.26. The predicted octanol–water partition coefficient (Wildman–Crippen LogP) is 2.84. The third kappa shape index (κ3) is 4.68. The lowest BCUT2D eigenvalue weighted by atomic mass is 10.0. The van der Waals surface area contributed by atoms with Crippen molar-refractivity contribution in [1.82, 2.24) is 10.3 Å². The van der Waals surface area contributed by atoms with Crippen molar-refractivity contribution in [3.05, 3.63) is 70.9 Å². The lowest BCUT2D eigenvalue weighted by molar-refractivity contribution is -0.145. The molecule has 0 radical (unpaired) electrons. The molecule has 0 saturated heterocycles. The van der Waals surface area contributed by atoms with E-state index in [4.69, 9.17) is 9.47 Å². The van der Waals surface area contributed by atoms with Gasteiger partial charge >= 0.3 is 11.9 Å². The van der Waals surface area contributed by atoms with Gasteiger partial charge in [-0.3, -0.25) is 4.79 Å². The molecule has 0 saturated carbocycles. The Labute approximate surface area is 174 Å². The fourth-order valence-electron chi connectivity index (χ4n) is 3.27. The molecule has 2 N–H and O–H groups in total. The zero-order valence-corrected chi connectivity index (χ0v) is 17.2. The summed E-state index contributed by atoms with van der Waals surface area (Å²) in [5.41, 5.74) is 3.97. The summed E-state index contributed by atoms with van der Waals surface area (Å²) in [6.07, 6.45) is 2.04. The van der Waals surface area contributed by atoms with Crippen LogP contribution in [0.2, 0.25) is 0 Å². The van der Waals surface area contributed by atoms with E-state index in [9.17, 15) is 14.4 Å². The van der Waals surface area contributed by atoms with Crippen LogP contribution in [0.5, 0.6) is 0 Å². The Morgan fingerprint density at radius 1 is 1.07 bits per heavy atom. The summed E-state index contributed by atoms with van der Waals surface area (Å²) >= 11 is 0. The Balaban J connectivity index is 1.65. The zero-order chi connectivity index (χ0) is 21.7. The fraction of sp³-hybridized carbons (Fsp3) is 0.261. The number of hydrogen-bond acceptors (Lipinski definition) is 5. The Morgan fingerprint density at radius 2 is 1.83 bits per heavy atom. The maximum absolute atomic E-state index is 12.3. The number of carbonyl (C=O) groups excluding carboxylic acids is 3. The minimum absolute atomic E-state index is 0.243. The number of nitrogens with one attached hydrogen (secondary N) is 2. The molecule has 1 amide bonds. The van der Waals surface area contributed by atoms with Gasteiger partial charge < -0.3 is 19.8 Å². The smallest absolute Gasteiger partial charge is 0.338 e. The second-order valence-corrected chi connectivity index (χ2v) is 7.03. The van der Waals surface area contributed by atoms with Gasteiger partial charge in [-0.2, -0.15) is 0 Å². The third-order valence-corrected chi connectivity index (χ3v) is 5.08. The van der Waals surface area contributed by atoms with Crippen molar-refractivity contribution < 1.29 is 23.9 Å². The Kier molecular flexibility index (Phi) is 6.51. The third-order valence-electron chi connectivity index (χ3n) is 5.08. The quantitative estimate of drug-likeness (QED) is 0.586. The van der Waals surface area contributed by atoms with Crippen molar-refractivity contribution in [2.45, 2.75) is 26.3 Å². The number of para-hydroxylation sites is 1. The monoisotopic (exact) mass is 408 g/mol.